The molecular formula is C18H26Cl2N6O2. The number of hydrogen-bond acceptors (Lipinski definition) is 5. The summed E-state index contributed by atoms with van der Waals surface area (Å²) in [5.74, 6) is 0.354. The first-order valence-corrected chi connectivity index (χ1v) is 9.98. The number of nitrogens with zero attached hydrogens (tertiary/aromatic N) is 2. The van der Waals surface area contributed by atoms with Crippen molar-refractivity contribution >= 4 is 29.2 Å². The molecule has 0 amide bonds. The van der Waals surface area contributed by atoms with Crippen molar-refractivity contribution in [2.45, 2.75) is 50.7 Å². The van der Waals surface area contributed by atoms with E-state index in [-0.39, 0.29) is 12.2 Å². The SMILES string of the molecule is NCCCCCCCC1(N)NC(=NCc2cc(Cl)ccc2Cl)NC=C1[N+](=O)[O-]. The maximum Gasteiger partial charge on any atom is 0.301 e. The zero-order valence-corrected chi connectivity index (χ0v) is 17.1. The molecule has 1 aliphatic heterocycles. The molecule has 28 heavy (non-hydrogen) atoms. The van der Waals surface area contributed by atoms with E-state index in [0.29, 0.717) is 29.0 Å². The van der Waals surface area contributed by atoms with Gasteiger partial charge in [-0.05, 0) is 49.6 Å². The van der Waals surface area contributed by atoms with Crippen molar-refractivity contribution in [1.82, 2.24) is 10.6 Å². The van der Waals surface area contributed by atoms with Gasteiger partial charge in [-0.2, -0.15) is 0 Å². The first-order valence-electron chi connectivity index (χ1n) is 9.23. The minimum absolute atomic E-state index is 0.116. The molecule has 1 heterocycles. The molecule has 0 spiro atoms. The Bertz CT molecular complexity index is 756. The lowest BCUT2D eigenvalue weighted by Crippen LogP contribution is -2.64. The van der Waals surface area contributed by atoms with Gasteiger partial charge in [0.25, 0.3) is 0 Å². The topological polar surface area (TPSA) is 132 Å². The lowest BCUT2D eigenvalue weighted by Gasteiger charge is -2.32. The Balaban J connectivity index is 2.04. The molecule has 0 aliphatic carbocycles. The Labute approximate surface area is 174 Å². The van der Waals surface area contributed by atoms with E-state index in [1.165, 1.54) is 6.20 Å². The van der Waals surface area contributed by atoms with Crippen molar-refractivity contribution in [2.75, 3.05) is 6.54 Å². The zero-order valence-electron chi connectivity index (χ0n) is 15.6. The van der Waals surface area contributed by atoms with Crippen molar-refractivity contribution in [3.63, 3.8) is 0 Å². The summed E-state index contributed by atoms with van der Waals surface area (Å²) in [4.78, 5) is 15.3. The minimum atomic E-state index is -1.29. The van der Waals surface area contributed by atoms with Crippen LogP contribution in [0.1, 0.15) is 44.1 Å². The molecule has 2 rings (SSSR count). The molecule has 1 unspecified atom stereocenters. The number of nitrogens with two attached hydrogens (primary N) is 2. The van der Waals surface area contributed by atoms with Gasteiger partial charge in [0.05, 0.1) is 17.7 Å². The smallest absolute Gasteiger partial charge is 0.301 e. The summed E-state index contributed by atoms with van der Waals surface area (Å²) in [6, 6.07) is 5.12. The van der Waals surface area contributed by atoms with Crippen LogP contribution >= 0.6 is 23.2 Å². The van der Waals surface area contributed by atoms with E-state index in [1.54, 1.807) is 18.2 Å². The number of aliphatic imine (C=N–C) groups is 1. The zero-order chi connectivity index (χ0) is 20.6. The van der Waals surface area contributed by atoms with E-state index in [2.05, 4.69) is 15.6 Å². The van der Waals surface area contributed by atoms with Gasteiger partial charge in [-0.1, -0.05) is 42.5 Å². The molecule has 1 aromatic rings. The molecular weight excluding hydrogens is 403 g/mol. The second-order valence-electron chi connectivity index (χ2n) is 6.73. The highest BCUT2D eigenvalue weighted by Gasteiger charge is 2.42. The molecule has 1 aromatic carbocycles. The van der Waals surface area contributed by atoms with Gasteiger partial charge in [-0.15, -0.1) is 0 Å². The van der Waals surface area contributed by atoms with Crippen LogP contribution in [0.4, 0.5) is 0 Å². The van der Waals surface area contributed by atoms with Crippen molar-refractivity contribution in [3.05, 3.63) is 55.8 Å². The number of hydrogen-bond donors (Lipinski definition) is 4. The van der Waals surface area contributed by atoms with Gasteiger partial charge >= 0.3 is 5.70 Å². The van der Waals surface area contributed by atoms with Crippen LogP contribution in [-0.2, 0) is 6.54 Å². The molecule has 8 nitrogen and oxygen atoms in total. The summed E-state index contributed by atoms with van der Waals surface area (Å²) in [5, 5.41) is 18.3. The first kappa shape index (κ1) is 22.4. The quantitative estimate of drug-likeness (QED) is 0.257. The Morgan fingerprint density at radius 3 is 2.61 bits per heavy atom. The lowest BCUT2D eigenvalue weighted by molar-refractivity contribution is -0.437. The number of halogens is 2. The predicted molar refractivity (Wildman–Crippen MR) is 113 cm³/mol. The van der Waals surface area contributed by atoms with Crippen LogP contribution < -0.4 is 22.1 Å². The molecule has 0 saturated carbocycles. The van der Waals surface area contributed by atoms with Crippen molar-refractivity contribution in [2.24, 2.45) is 16.5 Å². The third kappa shape index (κ3) is 6.34. The number of unbranched alkanes of at least 4 members (excludes halogenated alkanes) is 4. The highest BCUT2D eigenvalue weighted by molar-refractivity contribution is 6.33. The number of rotatable bonds is 10. The van der Waals surface area contributed by atoms with Crippen LogP contribution in [0.5, 0.6) is 0 Å². The van der Waals surface area contributed by atoms with Crippen LogP contribution in [0.2, 0.25) is 10.0 Å². The molecule has 1 aliphatic rings. The van der Waals surface area contributed by atoms with Crippen LogP contribution in [0.15, 0.2) is 35.1 Å². The molecule has 0 aromatic heterocycles. The maximum atomic E-state index is 11.4. The lowest BCUT2D eigenvalue weighted by atomic mass is 9.97. The molecule has 0 fully saturated rings. The van der Waals surface area contributed by atoms with Gasteiger partial charge in [0.15, 0.2) is 11.6 Å². The third-order valence-corrected chi connectivity index (χ3v) is 5.14. The second kappa shape index (κ2) is 10.6. The highest BCUT2D eigenvalue weighted by atomic mass is 35.5. The van der Waals surface area contributed by atoms with Crippen LogP contribution in [-0.4, -0.2) is 23.1 Å². The Morgan fingerprint density at radius 2 is 1.89 bits per heavy atom. The summed E-state index contributed by atoms with van der Waals surface area (Å²) >= 11 is 12.1. The fourth-order valence-corrected chi connectivity index (χ4v) is 3.35. The van der Waals surface area contributed by atoms with Gasteiger partial charge in [0.1, 0.15) is 0 Å². The summed E-state index contributed by atoms with van der Waals surface area (Å²) in [5.41, 5.74) is 11.2. The fourth-order valence-electron chi connectivity index (χ4n) is 2.98. The number of benzene rings is 1. The van der Waals surface area contributed by atoms with E-state index in [1.807, 2.05) is 0 Å². The van der Waals surface area contributed by atoms with E-state index in [0.717, 1.165) is 37.7 Å². The summed E-state index contributed by atoms with van der Waals surface area (Å²) in [7, 11) is 0. The summed E-state index contributed by atoms with van der Waals surface area (Å²) < 4.78 is 0. The number of nitrogens with one attached hydrogen (secondary N) is 2. The third-order valence-electron chi connectivity index (χ3n) is 4.53. The predicted octanol–water partition coefficient (Wildman–Crippen LogP) is 3.11. The van der Waals surface area contributed by atoms with E-state index < -0.39 is 10.6 Å². The minimum Gasteiger partial charge on any atom is -0.330 e. The van der Waals surface area contributed by atoms with Gasteiger partial charge in [0.2, 0.25) is 0 Å². The average molecular weight is 429 g/mol. The first-order chi connectivity index (χ1) is 13.4. The van der Waals surface area contributed by atoms with Crippen LogP contribution in [0.25, 0.3) is 0 Å². The average Bonchev–Trinajstić information content (AvgIpc) is 2.65. The second-order valence-corrected chi connectivity index (χ2v) is 7.58. The molecule has 0 bridgehead atoms. The monoisotopic (exact) mass is 428 g/mol. The van der Waals surface area contributed by atoms with E-state index >= 15 is 0 Å². The normalized spacial score (nSPS) is 20.4. The summed E-state index contributed by atoms with van der Waals surface area (Å²) in [6.45, 7) is 0.935. The fraction of sp³-hybridized carbons (Fsp3) is 0.500. The highest BCUT2D eigenvalue weighted by Crippen LogP contribution is 2.23. The molecule has 6 N–H and O–H groups in total. The van der Waals surface area contributed by atoms with Gasteiger partial charge in [0, 0.05) is 10.0 Å². The van der Waals surface area contributed by atoms with Crippen molar-refractivity contribution < 1.29 is 4.92 Å². The van der Waals surface area contributed by atoms with Gasteiger partial charge in [-0.25, -0.2) is 4.99 Å². The Kier molecular flexibility index (Phi) is 8.50. The van der Waals surface area contributed by atoms with E-state index in [9.17, 15) is 10.1 Å². The molecule has 1 atom stereocenters. The van der Waals surface area contributed by atoms with Crippen molar-refractivity contribution in [1.29, 1.82) is 0 Å². The van der Waals surface area contributed by atoms with E-state index in [4.69, 9.17) is 34.7 Å². The van der Waals surface area contributed by atoms with Crippen LogP contribution in [0.3, 0.4) is 0 Å². The van der Waals surface area contributed by atoms with Gasteiger partial charge < -0.3 is 16.4 Å². The molecule has 0 saturated heterocycles. The molecule has 154 valence electrons. The molecule has 0 radical (unpaired) electrons. The summed E-state index contributed by atoms with van der Waals surface area (Å²) in [6.07, 6.45) is 6.46. The number of nitro groups is 1. The largest absolute Gasteiger partial charge is 0.330 e. The van der Waals surface area contributed by atoms with Gasteiger partial charge in [-0.3, -0.25) is 15.8 Å². The van der Waals surface area contributed by atoms with Crippen molar-refractivity contribution in [3.8, 4) is 0 Å². The Hall–Kier alpha value is -1.87. The molecule has 10 heteroatoms. The maximum absolute atomic E-state index is 11.4. The van der Waals surface area contributed by atoms with Crippen LogP contribution in [0, 0.1) is 10.1 Å². The standard InChI is InChI=1S/C18H26Cl2N6O2/c19-14-6-7-15(20)13(10-14)11-23-17-24-12-16(26(27)28)18(22,25-17)8-4-2-1-3-5-9-21/h6-7,10,12H,1-5,8-9,11,21-22H2,(H2,23,24,25). The Morgan fingerprint density at radius 1 is 1.18 bits per heavy atom. The number of guanidine groups is 1.